The second-order valence-electron chi connectivity index (χ2n) is 7.08. The number of piperidine rings is 1. The molecule has 1 spiro atoms. The van der Waals surface area contributed by atoms with Crippen LogP contribution in [0.15, 0.2) is 36.0 Å². The molecule has 23 heavy (non-hydrogen) atoms. The van der Waals surface area contributed by atoms with Crippen molar-refractivity contribution in [3.63, 3.8) is 0 Å². The highest BCUT2D eigenvalue weighted by molar-refractivity contribution is 6.09. The highest BCUT2D eigenvalue weighted by Crippen LogP contribution is 2.70. The van der Waals surface area contributed by atoms with Crippen LogP contribution in [-0.2, 0) is 10.2 Å². The second-order valence-corrected chi connectivity index (χ2v) is 7.08. The minimum absolute atomic E-state index is 0.0126. The summed E-state index contributed by atoms with van der Waals surface area (Å²) in [5, 5.41) is 0. The lowest BCUT2D eigenvalue weighted by atomic mass is 9.80. The van der Waals surface area contributed by atoms with Crippen LogP contribution in [0.2, 0.25) is 0 Å². The fraction of sp³-hybridized carbons (Fsp3) is 0.474. The van der Waals surface area contributed by atoms with Crippen LogP contribution in [0.3, 0.4) is 0 Å². The molecular weight excluding hydrogens is 288 g/mol. The number of amides is 1. The third-order valence-corrected chi connectivity index (χ3v) is 6.06. The average Bonchev–Trinajstić information content (AvgIpc) is 2.96. The molecule has 1 amide bonds. The number of rotatable bonds is 3. The van der Waals surface area contributed by atoms with E-state index in [1.54, 1.807) is 6.08 Å². The standard InChI is InChI=1S/C19H22N2O2/c1-3-12(20)8-18(23)21-10-15-11(2)19(15)14-7-5-4-6-13(14)16(22)9-17(19)21/h4-7,9,11-12,15H,3,8,10,20H2,1-2H3/t11-,12?,15?,19-/m1/s1. The summed E-state index contributed by atoms with van der Waals surface area (Å²) in [5.74, 6) is 0.965. The Morgan fingerprint density at radius 3 is 2.91 bits per heavy atom. The van der Waals surface area contributed by atoms with Crippen molar-refractivity contribution in [1.29, 1.82) is 0 Å². The summed E-state index contributed by atoms with van der Waals surface area (Å²) in [5.41, 5.74) is 8.63. The van der Waals surface area contributed by atoms with E-state index in [9.17, 15) is 9.59 Å². The number of carbonyl (C=O) groups is 2. The molecule has 0 radical (unpaired) electrons. The van der Waals surface area contributed by atoms with Gasteiger partial charge < -0.3 is 10.6 Å². The smallest absolute Gasteiger partial charge is 0.228 e. The van der Waals surface area contributed by atoms with E-state index < -0.39 is 0 Å². The molecule has 0 aromatic heterocycles. The monoisotopic (exact) mass is 310 g/mol. The lowest BCUT2D eigenvalue weighted by Crippen LogP contribution is -2.38. The van der Waals surface area contributed by atoms with Gasteiger partial charge in [-0.3, -0.25) is 9.59 Å². The van der Waals surface area contributed by atoms with E-state index in [-0.39, 0.29) is 23.1 Å². The van der Waals surface area contributed by atoms with Crippen LogP contribution in [0.5, 0.6) is 0 Å². The average molecular weight is 310 g/mol. The van der Waals surface area contributed by atoms with Crippen molar-refractivity contribution in [2.45, 2.75) is 38.1 Å². The number of likely N-dealkylation sites (tertiary alicyclic amines) is 1. The summed E-state index contributed by atoms with van der Waals surface area (Å²) in [6.07, 6.45) is 2.83. The van der Waals surface area contributed by atoms with Gasteiger partial charge in [-0.1, -0.05) is 38.1 Å². The zero-order valence-corrected chi connectivity index (χ0v) is 13.6. The molecule has 2 N–H and O–H groups in total. The number of nitrogens with two attached hydrogens (primary N) is 1. The van der Waals surface area contributed by atoms with Gasteiger partial charge >= 0.3 is 0 Å². The van der Waals surface area contributed by atoms with Gasteiger partial charge in [-0.2, -0.15) is 0 Å². The van der Waals surface area contributed by atoms with E-state index in [2.05, 4.69) is 13.0 Å². The van der Waals surface area contributed by atoms with Crippen LogP contribution in [0, 0.1) is 11.8 Å². The first-order valence-electron chi connectivity index (χ1n) is 8.43. The van der Waals surface area contributed by atoms with Gasteiger partial charge in [0, 0.05) is 41.8 Å². The van der Waals surface area contributed by atoms with Crippen molar-refractivity contribution < 1.29 is 9.59 Å². The van der Waals surface area contributed by atoms with Crippen molar-refractivity contribution in [2.75, 3.05) is 6.54 Å². The Kier molecular flexibility index (Phi) is 3.04. The predicted molar refractivity (Wildman–Crippen MR) is 87.8 cm³/mol. The molecule has 2 aliphatic carbocycles. The van der Waals surface area contributed by atoms with Crippen LogP contribution in [-0.4, -0.2) is 29.2 Å². The minimum atomic E-state index is -0.128. The largest absolute Gasteiger partial charge is 0.327 e. The molecular formula is C19H22N2O2. The number of hydrogen-bond acceptors (Lipinski definition) is 3. The number of ketones is 1. The quantitative estimate of drug-likeness (QED) is 0.931. The van der Waals surface area contributed by atoms with Crippen molar-refractivity contribution in [2.24, 2.45) is 17.6 Å². The topological polar surface area (TPSA) is 63.4 Å². The Hall–Kier alpha value is -1.94. The Morgan fingerprint density at radius 1 is 1.43 bits per heavy atom. The first-order chi connectivity index (χ1) is 11.0. The maximum Gasteiger partial charge on any atom is 0.228 e. The van der Waals surface area contributed by atoms with E-state index in [1.807, 2.05) is 30.0 Å². The van der Waals surface area contributed by atoms with Crippen LogP contribution < -0.4 is 5.73 Å². The van der Waals surface area contributed by atoms with E-state index in [4.69, 9.17) is 5.73 Å². The molecule has 3 aliphatic rings. The molecule has 1 saturated heterocycles. The molecule has 120 valence electrons. The third-order valence-electron chi connectivity index (χ3n) is 6.06. The molecule has 2 unspecified atom stereocenters. The SMILES string of the molecule is CCC(N)CC(=O)N1CC2[C@@H](C)[C@]23C1=CC(=O)c1ccccc13. The zero-order chi connectivity index (χ0) is 16.4. The number of hydrogen-bond donors (Lipinski definition) is 1. The van der Waals surface area contributed by atoms with E-state index in [0.717, 1.165) is 23.2 Å². The maximum atomic E-state index is 12.7. The number of benzene rings is 1. The molecule has 1 aromatic rings. The van der Waals surface area contributed by atoms with Crippen molar-refractivity contribution in [3.05, 3.63) is 47.2 Å². The zero-order valence-electron chi connectivity index (χ0n) is 13.6. The molecule has 1 aliphatic heterocycles. The predicted octanol–water partition coefficient (Wildman–Crippen LogP) is 2.24. The van der Waals surface area contributed by atoms with Gasteiger partial charge in [0.2, 0.25) is 5.91 Å². The van der Waals surface area contributed by atoms with Crippen LogP contribution >= 0.6 is 0 Å². The molecule has 2 fully saturated rings. The molecule has 1 aromatic carbocycles. The number of allylic oxidation sites excluding steroid dienone is 2. The summed E-state index contributed by atoms with van der Waals surface area (Å²) < 4.78 is 0. The Bertz CT molecular complexity index is 739. The van der Waals surface area contributed by atoms with Gasteiger partial charge in [0.1, 0.15) is 0 Å². The molecule has 1 heterocycles. The van der Waals surface area contributed by atoms with Gasteiger partial charge in [0.15, 0.2) is 5.78 Å². The molecule has 0 bridgehead atoms. The fourth-order valence-electron chi connectivity index (χ4n) is 4.65. The van der Waals surface area contributed by atoms with Crippen LogP contribution in [0.25, 0.3) is 0 Å². The van der Waals surface area contributed by atoms with Crippen molar-refractivity contribution >= 4 is 11.7 Å². The van der Waals surface area contributed by atoms with Crippen LogP contribution in [0.1, 0.15) is 42.6 Å². The lowest BCUT2D eigenvalue weighted by molar-refractivity contribution is -0.129. The van der Waals surface area contributed by atoms with E-state index in [0.29, 0.717) is 24.8 Å². The van der Waals surface area contributed by atoms with Gasteiger partial charge in [0.25, 0.3) is 0 Å². The molecule has 4 nitrogen and oxygen atoms in total. The molecule has 4 atom stereocenters. The minimum Gasteiger partial charge on any atom is -0.327 e. The van der Waals surface area contributed by atoms with E-state index >= 15 is 0 Å². The molecule has 4 rings (SSSR count). The summed E-state index contributed by atoms with van der Waals surface area (Å²) in [7, 11) is 0. The normalized spacial score (nSPS) is 31.9. The van der Waals surface area contributed by atoms with Crippen molar-refractivity contribution in [1.82, 2.24) is 4.90 Å². The highest BCUT2D eigenvalue weighted by Gasteiger charge is 2.72. The molecule has 4 heteroatoms. The van der Waals surface area contributed by atoms with Gasteiger partial charge in [-0.15, -0.1) is 0 Å². The third kappa shape index (κ3) is 1.75. The van der Waals surface area contributed by atoms with Gasteiger partial charge in [-0.05, 0) is 23.8 Å². The summed E-state index contributed by atoms with van der Waals surface area (Å²) >= 11 is 0. The van der Waals surface area contributed by atoms with Gasteiger partial charge in [-0.25, -0.2) is 0 Å². The van der Waals surface area contributed by atoms with Gasteiger partial charge in [0.05, 0.1) is 0 Å². The Balaban J connectivity index is 1.74. The Labute approximate surface area is 136 Å². The first-order valence-corrected chi connectivity index (χ1v) is 8.43. The highest BCUT2D eigenvalue weighted by atomic mass is 16.2. The lowest BCUT2D eigenvalue weighted by Gasteiger charge is -2.31. The van der Waals surface area contributed by atoms with Crippen LogP contribution in [0.4, 0.5) is 0 Å². The maximum absolute atomic E-state index is 12.7. The summed E-state index contributed by atoms with van der Waals surface area (Å²) in [6, 6.07) is 7.75. The number of nitrogens with zero attached hydrogens (tertiary/aromatic N) is 1. The second kappa shape index (κ2) is 4.78. The first kappa shape index (κ1) is 14.6. The Morgan fingerprint density at radius 2 is 2.17 bits per heavy atom. The fourth-order valence-corrected chi connectivity index (χ4v) is 4.65. The molecule has 1 saturated carbocycles. The number of carbonyl (C=O) groups excluding carboxylic acids is 2. The summed E-state index contributed by atoms with van der Waals surface area (Å²) in [6.45, 7) is 4.93. The van der Waals surface area contributed by atoms with Crippen molar-refractivity contribution in [3.8, 4) is 0 Å². The van der Waals surface area contributed by atoms with E-state index in [1.165, 1.54) is 0 Å². The summed E-state index contributed by atoms with van der Waals surface area (Å²) in [4.78, 5) is 27.0. The number of fused-ring (bicyclic) bond motifs is 1.